The number of amides is 2. The number of benzene rings is 2. The zero-order valence-corrected chi connectivity index (χ0v) is 17.0. The molecule has 2 aromatic rings. The molecule has 3 rings (SSSR count). The SMILES string of the molecule is COc1cccc(OC)c1C(=O)N[C@@H](Cc1ccccc1)C(=O)N1CCCCC1. The lowest BCUT2D eigenvalue weighted by Crippen LogP contribution is -2.51. The van der Waals surface area contributed by atoms with E-state index < -0.39 is 6.04 Å². The fraction of sp³-hybridized carbons (Fsp3) is 0.391. The third-order valence-electron chi connectivity index (χ3n) is 5.21. The molecule has 6 nitrogen and oxygen atoms in total. The summed E-state index contributed by atoms with van der Waals surface area (Å²) in [5, 5.41) is 2.94. The average molecular weight is 396 g/mol. The molecule has 1 N–H and O–H groups in total. The highest BCUT2D eigenvalue weighted by molar-refractivity contribution is 6.02. The Hall–Kier alpha value is -3.02. The molecule has 1 fully saturated rings. The smallest absolute Gasteiger partial charge is 0.259 e. The highest BCUT2D eigenvalue weighted by Gasteiger charge is 2.29. The molecule has 1 aliphatic heterocycles. The Kier molecular flexibility index (Phi) is 7.11. The van der Waals surface area contributed by atoms with Gasteiger partial charge in [0.1, 0.15) is 23.1 Å². The number of piperidine rings is 1. The van der Waals surface area contributed by atoms with Gasteiger partial charge in [-0.25, -0.2) is 0 Å². The molecule has 0 unspecified atom stereocenters. The molecule has 154 valence electrons. The number of carbonyl (C=O) groups is 2. The van der Waals surface area contributed by atoms with Crippen molar-refractivity contribution in [3.05, 3.63) is 59.7 Å². The van der Waals surface area contributed by atoms with E-state index in [4.69, 9.17) is 9.47 Å². The molecular weight excluding hydrogens is 368 g/mol. The van der Waals surface area contributed by atoms with Crippen molar-refractivity contribution >= 4 is 11.8 Å². The second-order valence-electron chi connectivity index (χ2n) is 7.14. The molecule has 0 spiro atoms. The Labute approximate surface area is 171 Å². The maximum absolute atomic E-state index is 13.2. The molecular formula is C23H28N2O4. The molecule has 0 aromatic heterocycles. The van der Waals surface area contributed by atoms with Crippen LogP contribution >= 0.6 is 0 Å². The first-order valence-electron chi connectivity index (χ1n) is 9.98. The molecule has 0 saturated carbocycles. The molecule has 0 aliphatic carbocycles. The number of likely N-dealkylation sites (tertiary alicyclic amines) is 1. The third-order valence-corrected chi connectivity index (χ3v) is 5.21. The van der Waals surface area contributed by atoms with Crippen LogP contribution in [0.4, 0.5) is 0 Å². The highest BCUT2D eigenvalue weighted by atomic mass is 16.5. The molecule has 0 radical (unpaired) electrons. The van der Waals surface area contributed by atoms with E-state index in [1.807, 2.05) is 35.2 Å². The normalized spacial score (nSPS) is 14.8. The van der Waals surface area contributed by atoms with E-state index in [1.54, 1.807) is 18.2 Å². The molecule has 2 aromatic carbocycles. The number of hydrogen-bond donors (Lipinski definition) is 1. The minimum Gasteiger partial charge on any atom is -0.496 e. The summed E-state index contributed by atoms with van der Waals surface area (Å²) in [4.78, 5) is 28.2. The Balaban J connectivity index is 1.86. The number of rotatable bonds is 7. The van der Waals surface area contributed by atoms with E-state index in [-0.39, 0.29) is 11.8 Å². The van der Waals surface area contributed by atoms with Crippen molar-refractivity contribution in [2.24, 2.45) is 0 Å². The van der Waals surface area contributed by atoms with Crippen molar-refractivity contribution in [2.45, 2.75) is 31.7 Å². The van der Waals surface area contributed by atoms with Crippen molar-refractivity contribution in [2.75, 3.05) is 27.3 Å². The van der Waals surface area contributed by atoms with Crippen LogP contribution in [-0.4, -0.2) is 50.1 Å². The van der Waals surface area contributed by atoms with Crippen LogP contribution in [0, 0.1) is 0 Å². The first-order chi connectivity index (χ1) is 14.1. The van der Waals surface area contributed by atoms with Crippen LogP contribution in [0.3, 0.4) is 0 Å². The standard InChI is InChI=1S/C23H28N2O4/c1-28-19-12-9-13-20(29-2)21(19)22(26)24-18(16-17-10-5-3-6-11-17)23(27)25-14-7-4-8-15-25/h3,5-6,9-13,18H,4,7-8,14-16H2,1-2H3,(H,24,26)/t18-/m0/s1. The van der Waals surface area contributed by atoms with Crippen LogP contribution in [0.2, 0.25) is 0 Å². The predicted molar refractivity (Wildman–Crippen MR) is 111 cm³/mol. The van der Waals surface area contributed by atoms with Gasteiger partial charge in [0.15, 0.2) is 0 Å². The van der Waals surface area contributed by atoms with Gasteiger partial charge in [0.2, 0.25) is 5.91 Å². The van der Waals surface area contributed by atoms with Crippen molar-refractivity contribution in [3.8, 4) is 11.5 Å². The van der Waals surface area contributed by atoms with Gasteiger partial charge in [-0.15, -0.1) is 0 Å². The minimum absolute atomic E-state index is 0.0456. The monoisotopic (exact) mass is 396 g/mol. The second-order valence-corrected chi connectivity index (χ2v) is 7.14. The fourth-order valence-electron chi connectivity index (χ4n) is 3.69. The first-order valence-corrected chi connectivity index (χ1v) is 9.98. The van der Waals surface area contributed by atoms with Gasteiger partial charge >= 0.3 is 0 Å². The Morgan fingerprint density at radius 1 is 0.931 bits per heavy atom. The minimum atomic E-state index is -0.655. The van der Waals surface area contributed by atoms with E-state index in [9.17, 15) is 9.59 Å². The summed E-state index contributed by atoms with van der Waals surface area (Å²) >= 11 is 0. The first kappa shape index (κ1) is 20.7. The largest absolute Gasteiger partial charge is 0.496 e. The van der Waals surface area contributed by atoms with Gasteiger partial charge < -0.3 is 19.7 Å². The number of carbonyl (C=O) groups excluding carboxylic acids is 2. The summed E-state index contributed by atoms with van der Waals surface area (Å²) in [7, 11) is 3.01. The number of hydrogen-bond acceptors (Lipinski definition) is 4. The lowest BCUT2D eigenvalue weighted by atomic mass is 10.0. The maximum atomic E-state index is 13.2. The number of nitrogens with one attached hydrogen (secondary N) is 1. The molecule has 1 aliphatic rings. The maximum Gasteiger partial charge on any atom is 0.259 e. The van der Waals surface area contributed by atoms with Crippen molar-refractivity contribution < 1.29 is 19.1 Å². The summed E-state index contributed by atoms with van der Waals surface area (Å²) < 4.78 is 10.7. The van der Waals surface area contributed by atoms with Gasteiger partial charge in [-0.1, -0.05) is 36.4 Å². The summed E-state index contributed by atoms with van der Waals surface area (Å²) in [5.41, 5.74) is 1.29. The van der Waals surface area contributed by atoms with Gasteiger partial charge in [-0.3, -0.25) is 9.59 Å². The van der Waals surface area contributed by atoms with Gasteiger partial charge in [-0.2, -0.15) is 0 Å². The zero-order chi connectivity index (χ0) is 20.6. The topological polar surface area (TPSA) is 67.9 Å². The molecule has 6 heteroatoms. The summed E-state index contributed by atoms with van der Waals surface area (Å²) in [6, 6.07) is 14.2. The van der Waals surface area contributed by atoms with Crippen LogP contribution in [0.25, 0.3) is 0 Å². The average Bonchev–Trinajstić information content (AvgIpc) is 2.78. The van der Waals surface area contributed by atoms with Gasteiger partial charge in [0.25, 0.3) is 5.91 Å². The van der Waals surface area contributed by atoms with E-state index in [0.29, 0.717) is 23.5 Å². The van der Waals surface area contributed by atoms with Crippen LogP contribution in [0.15, 0.2) is 48.5 Å². The van der Waals surface area contributed by atoms with Crippen molar-refractivity contribution in [3.63, 3.8) is 0 Å². The quantitative estimate of drug-likeness (QED) is 0.781. The molecule has 1 heterocycles. The Morgan fingerprint density at radius 3 is 2.14 bits per heavy atom. The molecule has 1 saturated heterocycles. The third kappa shape index (κ3) is 5.08. The second kappa shape index (κ2) is 9.96. The van der Waals surface area contributed by atoms with Crippen molar-refractivity contribution in [1.29, 1.82) is 0 Å². The number of ether oxygens (including phenoxy) is 2. The molecule has 1 atom stereocenters. The number of methoxy groups -OCH3 is 2. The molecule has 2 amide bonds. The lowest BCUT2D eigenvalue weighted by Gasteiger charge is -2.31. The van der Waals surface area contributed by atoms with Gasteiger partial charge in [0, 0.05) is 19.5 Å². The fourth-order valence-corrected chi connectivity index (χ4v) is 3.69. The summed E-state index contributed by atoms with van der Waals surface area (Å²) in [5.74, 6) is 0.387. The van der Waals surface area contributed by atoms with Gasteiger partial charge in [0.05, 0.1) is 14.2 Å². The molecule has 0 bridgehead atoms. The van der Waals surface area contributed by atoms with Crippen molar-refractivity contribution in [1.82, 2.24) is 10.2 Å². The van der Waals surface area contributed by atoms with E-state index in [2.05, 4.69) is 5.32 Å². The lowest BCUT2D eigenvalue weighted by molar-refractivity contribution is -0.134. The van der Waals surface area contributed by atoms with E-state index in [1.165, 1.54) is 14.2 Å². The highest BCUT2D eigenvalue weighted by Crippen LogP contribution is 2.28. The van der Waals surface area contributed by atoms with E-state index >= 15 is 0 Å². The number of nitrogens with zero attached hydrogens (tertiary/aromatic N) is 1. The zero-order valence-electron chi connectivity index (χ0n) is 17.0. The van der Waals surface area contributed by atoms with Crippen LogP contribution < -0.4 is 14.8 Å². The molecule has 29 heavy (non-hydrogen) atoms. The van der Waals surface area contributed by atoms with E-state index in [0.717, 1.165) is 37.9 Å². The Morgan fingerprint density at radius 2 is 1.55 bits per heavy atom. The predicted octanol–water partition coefficient (Wildman–Crippen LogP) is 3.06. The van der Waals surface area contributed by atoms with Crippen LogP contribution in [-0.2, 0) is 11.2 Å². The van der Waals surface area contributed by atoms with Crippen LogP contribution in [0.1, 0.15) is 35.2 Å². The summed E-state index contributed by atoms with van der Waals surface area (Å²) in [6.45, 7) is 1.47. The van der Waals surface area contributed by atoms with Crippen LogP contribution in [0.5, 0.6) is 11.5 Å². The Bertz CT molecular complexity index is 810. The summed E-state index contributed by atoms with van der Waals surface area (Å²) in [6.07, 6.45) is 3.56. The van der Waals surface area contributed by atoms with Gasteiger partial charge in [-0.05, 0) is 37.0 Å².